The lowest BCUT2D eigenvalue weighted by atomic mass is 10.1. The van der Waals surface area contributed by atoms with E-state index in [1.54, 1.807) is 0 Å². The Morgan fingerprint density at radius 1 is 0.812 bits per heavy atom. The Balaban J connectivity index is 2.12. The lowest BCUT2D eigenvalue weighted by Gasteiger charge is -2.28. The van der Waals surface area contributed by atoms with E-state index in [1.165, 1.54) is 38.5 Å². The summed E-state index contributed by atoms with van der Waals surface area (Å²) in [6.45, 7) is 2.57. The highest BCUT2D eigenvalue weighted by atomic mass is 16.3. The van der Waals surface area contributed by atoms with E-state index < -0.39 is 0 Å². The van der Waals surface area contributed by atoms with Crippen LogP contribution in [0.2, 0.25) is 0 Å². The zero-order valence-corrected chi connectivity index (χ0v) is 10.4. The first-order valence-corrected chi connectivity index (χ1v) is 6.84. The Morgan fingerprint density at radius 2 is 1.50 bits per heavy atom. The first-order chi connectivity index (χ1) is 7.88. The SMILES string of the molecule is OCCCCCCN(CCO)C1CCCC1. The molecule has 3 heteroatoms. The highest BCUT2D eigenvalue weighted by molar-refractivity contribution is 4.77. The van der Waals surface area contributed by atoms with Crippen molar-refractivity contribution in [1.82, 2.24) is 4.90 Å². The fourth-order valence-electron chi connectivity index (χ4n) is 2.66. The van der Waals surface area contributed by atoms with Gasteiger partial charge in [0.25, 0.3) is 0 Å². The molecule has 0 saturated heterocycles. The van der Waals surface area contributed by atoms with Gasteiger partial charge >= 0.3 is 0 Å². The number of nitrogens with zero attached hydrogens (tertiary/aromatic N) is 1. The monoisotopic (exact) mass is 229 g/mol. The van der Waals surface area contributed by atoms with Gasteiger partial charge in [-0.2, -0.15) is 0 Å². The molecule has 2 N–H and O–H groups in total. The van der Waals surface area contributed by atoms with Crippen molar-refractivity contribution in [2.75, 3.05) is 26.3 Å². The van der Waals surface area contributed by atoms with Crippen LogP contribution in [0.15, 0.2) is 0 Å². The molecule has 0 aromatic carbocycles. The van der Waals surface area contributed by atoms with E-state index in [1.807, 2.05) is 0 Å². The van der Waals surface area contributed by atoms with Crippen molar-refractivity contribution in [1.29, 1.82) is 0 Å². The van der Waals surface area contributed by atoms with Gasteiger partial charge in [0.05, 0.1) is 6.61 Å². The summed E-state index contributed by atoms with van der Waals surface area (Å²) in [4.78, 5) is 2.46. The number of hydrogen-bond donors (Lipinski definition) is 2. The van der Waals surface area contributed by atoms with Crippen molar-refractivity contribution in [3.63, 3.8) is 0 Å². The fraction of sp³-hybridized carbons (Fsp3) is 1.00. The number of aliphatic hydroxyl groups is 2. The molecule has 3 nitrogen and oxygen atoms in total. The maximum absolute atomic E-state index is 9.06. The molecule has 0 aliphatic heterocycles. The second-order valence-corrected chi connectivity index (χ2v) is 4.84. The molecule has 0 aromatic rings. The highest BCUT2D eigenvalue weighted by Gasteiger charge is 2.21. The number of hydrogen-bond acceptors (Lipinski definition) is 3. The van der Waals surface area contributed by atoms with Crippen LogP contribution >= 0.6 is 0 Å². The molecule has 1 aliphatic carbocycles. The first-order valence-electron chi connectivity index (χ1n) is 6.84. The average molecular weight is 229 g/mol. The van der Waals surface area contributed by atoms with Crippen LogP contribution in [0.5, 0.6) is 0 Å². The molecular formula is C13H27NO2. The molecule has 96 valence electrons. The maximum atomic E-state index is 9.06. The molecule has 0 bridgehead atoms. The quantitative estimate of drug-likeness (QED) is 0.592. The standard InChI is InChI=1S/C13H27NO2/c15-11-6-2-1-5-9-14(10-12-16)13-7-3-4-8-13/h13,15-16H,1-12H2. The number of rotatable bonds is 9. The zero-order chi connectivity index (χ0) is 11.6. The predicted octanol–water partition coefficient (Wildman–Crippen LogP) is 1.78. The topological polar surface area (TPSA) is 43.7 Å². The average Bonchev–Trinajstić information content (AvgIpc) is 2.81. The van der Waals surface area contributed by atoms with Gasteiger partial charge in [-0.15, -0.1) is 0 Å². The van der Waals surface area contributed by atoms with E-state index in [0.717, 1.165) is 32.0 Å². The summed E-state index contributed by atoms with van der Waals surface area (Å²) in [5.74, 6) is 0. The number of aliphatic hydroxyl groups excluding tert-OH is 2. The Kier molecular flexibility index (Phi) is 7.81. The van der Waals surface area contributed by atoms with Gasteiger partial charge < -0.3 is 10.2 Å². The summed E-state index contributed by atoms with van der Waals surface area (Å²) in [5.41, 5.74) is 0. The van der Waals surface area contributed by atoms with E-state index in [0.29, 0.717) is 6.61 Å². The summed E-state index contributed by atoms with van der Waals surface area (Å²) in [7, 11) is 0. The predicted molar refractivity (Wildman–Crippen MR) is 66.5 cm³/mol. The van der Waals surface area contributed by atoms with Crippen LogP contribution in [0.25, 0.3) is 0 Å². The van der Waals surface area contributed by atoms with Gasteiger partial charge in [-0.25, -0.2) is 0 Å². The van der Waals surface area contributed by atoms with Crippen molar-refractivity contribution in [2.45, 2.75) is 57.4 Å². The minimum Gasteiger partial charge on any atom is -0.396 e. The van der Waals surface area contributed by atoms with Gasteiger partial charge in [-0.1, -0.05) is 25.7 Å². The van der Waals surface area contributed by atoms with Crippen LogP contribution in [0.1, 0.15) is 51.4 Å². The summed E-state index contributed by atoms with van der Waals surface area (Å²) in [6.07, 6.45) is 9.82. The summed E-state index contributed by atoms with van der Waals surface area (Å²) < 4.78 is 0. The van der Waals surface area contributed by atoms with Gasteiger partial charge in [-0.3, -0.25) is 4.90 Å². The van der Waals surface area contributed by atoms with Crippen LogP contribution in [0, 0.1) is 0 Å². The van der Waals surface area contributed by atoms with E-state index in [2.05, 4.69) is 4.90 Å². The lowest BCUT2D eigenvalue weighted by molar-refractivity contribution is 0.149. The molecule has 1 saturated carbocycles. The molecule has 1 rings (SSSR count). The van der Waals surface area contributed by atoms with Crippen molar-refractivity contribution in [2.24, 2.45) is 0 Å². The van der Waals surface area contributed by atoms with Gasteiger partial charge in [0.15, 0.2) is 0 Å². The molecule has 0 unspecified atom stereocenters. The van der Waals surface area contributed by atoms with Crippen molar-refractivity contribution in [3.05, 3.63) is 0 Å². The van der Waals surface area contributed by atoms with Gasteiger partial charge in [0, 0.05) is 19.2 Å². The Hall–Kier alpha value is -0.120. The van der Waals surface area contributed by atoms with E-state index >= 15 is 0 Å². The Bertz CT molecular complexity index is 158. The third kappa shape index (κ3) is 5.28. The highest BCUT2D eigenvalue weighted by Crippen LogP contribution is 2.23. The Labute approximate surface area is 99.5 Å². The van der Waals surface area contributed by atoms with Crippen LogP contribution < -0.4 is 0 Å². The van der Waals surface area contributed by atoms with E-state index in [4.69, 9.17) is 10.2 Å². The van der Waals surface area contributed by atoms with Gasteiger partial charge in [-0.05, 0) is 32.2 Å². The van der Waals surface area contributed by atoms with E-state index in [9.17, 15) is 0 Å². The molecule has 0 spiro atoms. The number of unbranched alkanes of at least 4 members (excludes halogenated alkanes) is 3. The molecule has 0 amide bonds. The van der Waals surface area contributed by atoms with Crippen LogP contribution in [0.4, 0.5) is 0 Å². The third-order valence-corrected chi connectivity index (χ3v) is 3.58. The fourth-order valence-corrected chi connectivity index (χ4v) is 2.66. The molecular weight excluding hydrogens is 202 g/mol. The maximum Gasteiger partial charge on any atom is 0.0558 e. The largest absolute Gasteiger partial charge is 0.396 e. The zero-order valence-electron chi connectivity index (χ0n) is 10.4. The summed E-state index contributed by atoms with van der Waals surface area (Å²) in [5, 5.41) is 17.8. The molecule has 0 heterocycles. The van der Waals surface area contributed by atoms with Gasteiger partial charge in [0.1, 0.15) is 0 Å². The summed E-state index contributed by atoms with van der Waals surface area (Å²) >= 11 is 0. The molecule has 0 aromatic heterocycles. The normalized spacial score (nSPS) is 17.4. The van der Waals surface area contributed by atoms with Crippen molar-refractivity contribution < 1.29 is 10.2 Å². The minimum atomic E-state index is 0.285. The summed E-state index contributed by atoms with van der Waals surface area (Å²) in [6, 6.07) is 0.727. The first kappa shape index (κ1) is 13.9. The molecule has 16 heavy (non-hydrogen) atoms. The van der Waals surface area contributed by atoms with Gasteiger partial charge in [0.2, 0.25) is 0 Å². The molecule has 0 atom stereocenters. The molecule has 1 fully saturated rings. The van der Waals surface area contributed by atoms with Crippen LogP contribution in [-0.2, 0) is 0 Å². The van der Waals surface area contributed by atoms with E-state index in [-0.39, 0.29) is 6.61 Å². The Morgan fingerprint density at radius 3 is 2.12 bits per heavy atom. The smallest absolute Gasteiger partial charge is 0.0558 e. The minimum absolute atomic E-state index is 0.285. The van der Waals surface area contributed by atoms with Crippen molar-refractivity contribution in [3.8, 4) is 0 Å². The third-order valence-electron chi connectivity index (χ3n) is 3.58. The molecule has 0 radical (unpaired) electrons. The lowest BCUT2D eigenvalue weighted by Crippen LogP contribution is -2.36. The van der Waals surface area contributed by atoms with Crippen LogP contribution in [-0.4, -0.2) is 47.5 Å². The molecule has 1 aliphatic rings. The second kappa shape index (κ2) is 8.97. The van der Waals surface area contributed by atoms with Crippen molar-refractivity contribution >= 4 is 0 Å². The van der Waals surface area contributed by atoms with Crippen LogP contribution in [0.3, 0.4) is 0 Å². The second-order valence-electron chi connectivity index (χ2n) is 4.84.